The lowest BCUT2D eigenvalue weighted by molar-refractivity contribution is -0.140. The van der Waals surface area contributed by atoms with Gasteiger partial charge in [0.15, 0.2) is 0 Å². The second-order valence-corrected chi connectivity index (χ2v) is 8.22. The largest absolute Gasteiger partial charge is 0.469 e. The van der Waals surface area contributed by atoms with E-state index in [2.05, 4.69) is 39.8 Å². The van der Waals surface area contributed by atoms with Crippen LogP contribution in [-0.2, 0) is 19.7 Å². The summed E-state index contributed by atoms with van der Waals surface area (Å²) in [5, 5.41) is 0. The average Bonchev–Trinajstić information content (AvgIpc) is 2.99. The summed E-state index contributed by atoms with van der Waals surface area (Å²) in [4.78, 5) is 24.1. The van der Waals surface area contributed by atoms with Crippen LogP contribution in [0.5, 0.6) is 5.75 Å². The van der Waals surface area contributed by atoms with E-state index in [1.165, 1.54) is 18.2 Å². The molecule has 4 nitrogen and oxygen atoms in total. The number of ether oxygens (including phenoxy) is 2. The fraction of sp³-hybridized carbons (Fsp3) is 0.417. The van der Waals surface area contributed by atoms with E-state index < -0.39 is 0 Å². The molecule has 0 N–H and O–H groups in total. The molecular weight excluding hydrogens is 352 g/mol. The zero-order valence-corrected chi connectivity index (χ0v) is 17.3. The molecule has 0 bridgehead atoms. The van der Waals surface area contributed by atoms with Crippen LogP contribution in [0.25, 0.3) is 0 Å². The average molecular weight is 380 g/mol. The number of methoxy groups -OCH3 is 1. The molecule has 4 heteroatoms. The Bertz CT molecular complexity index is 911. The number of esters is 2. The Morgan fingerprint density at radius 2 is 1.89 bits per heavy atom. The maximum absolute atomic E-state index is 12.6. The van der Waals surface area contributed by atoms with Crippen LogP contribution in [0, 0.1) is 13.8 Å². The third-order valence-corrected chi connectivity index (χ3v) is 5.84. The van der Waals surface area contributed by atoms with E-state index in [4.69, 9.17) is 9.47 Å². The maximum Gasteiger partial charge on any atom is 0.323 e. The van der Waals surface area contributed by atoms with E-state index in [0.29, 0.717) is 12.2 Å². The molecule has 0 amide bonds. The Morgan fingerprint density at radius 3 is 2.61 bits per heavy atom. The minimum Gasteiger partial charge on any atom is -0.469 e. The normalized spacial score (nSPS) is 15.9. The third kappa shape index (κ3) is 3.82. The molecule has 2 aromatic rings. The number of hydrogen-bond acceptors (Lipinski definition) is 4. The van der Waals surface area contributed by atoms with Gasteiger partial charge in [0.05, 0.1) is 7.11 Å². The van der Waals surface area contributed by atoms with Crippen LogP contribution in [0.3, 0.4) is 0 Å². The van der Waals surface area contributed by atoms with Crippen LogP contribution >= 0.6 is 0 Å². The van der Waals surface area contributed by atoms with E-state index in [0.717, 1.165) is 29.5 Å². The third-order valence-electron chi connectivity index (χ3n) is 5.84. The van der Waals surface area contributed by atoms with Crippen LogP contribution in [0.15, 0.2) is 36.4 Å². The van der Waals surface area contributed by atoms with Crippen molar-refractivity contribution in [3.63, 3.8) is 0 Å². The van der Waals surface area contributed by atoms with Crippen LogP contribution in [0.4, 0.5) is 0 Å². The van der Waals surface area contributed by atoms with E-state index in [9.17, 15) is 9.59 Å². The van der Waals surface area contributed by atoms with Crippen molar-refractivity contribution in [3.8, 4) is 5.75 Å². The molecule has 148 valence electrons. The first-order valence-corrected chi connectivity index (χ1v) is 9.73. The van der Waals surface area contributed by atoms with Crippen LogP contribution in [-0.4, -0.2) is 19.0 Å². The number of aryl methyl sites for hydroxylation is 1. The Morgan fingerprint density at radius 1 is 1.18 bits per heavy atom. The number of hydrogen-bond donors (Lipinski definition) is 0. The van der Waals surface area contributed by atoms with Gasteiger partial charge >= 0.3 is 11.9 Å². The lowest BCUT2D eigenvalue weighted by Crippen LogP contribution is -2.21. The number of carbonyl (C=O) groups excluding carboxylic acids is 2. The lowest BCUT2D eigenvalue weighted by Gasteiger charge is -2.29. The predicted octanol–water partition coefficient (Wildman–Crippen LogP) is 4.98. The molecule has 1 heterocycles. The Hall–Kier alpha value is -2.62. The summed E-state index contributed by atoms with van der Waals surface area (Å²) in [6.45, 7) is 8.59. The molecule has 28 heavy (non-hydrogen) atoms. The maximum atomic E-state index is 12.6. The highest BCUT2D eigenvalue weighted by Crippen LogP contribution is 2.42. The van der Waals surface area contributed by atoms with Gasteiger partial charge in [-0.05, 0) is 60.4 Å². The van der Waals surface area contributed by atoms with Crippen molar-refractivity contribution in [2.45, 2.75) is 58.3 Å². The molecule has 1 unspecified atom stereocenters. The van der Waals surface area contributed by atoms with Crippen LogP contribution < -0.4 is 4.74 Å². The number of fused-ring (bicyclic) bond motifs is 1. The second-order valence-electron chi connectivity index (χ2n) is 8.22. The van der Waals surface area contributed by atoms with Gasteiger partial charge in [-0.15, -0.1) is 0 Å². The van der Waals surface area contributed by atoms with Gasteiger partial charge in [0.25, 0.3) is 0 Å². The quantitative estimate of drug-likeness (QED) is 0.524. The van der Waals surface area contributed by atoms with E-state index in [1.807, 2.05) is 24.3 Å². The topological polar surface area (TPSA) is 52.6 Å². The van der Waals surface area contributed by atoms with E-state index >= 15 is 0 Å². The van der Waals surface area contributed by atoms with Crippen LogP contribution in [0.2, 0.25) is 0 Å². The van der Waals surface area contributed by atoms with Gasteiger partial charge in [0, 0.05) is 12.0 Å². The van der Waals surface area contributed by atoms with Gasteiger partial charge in [0.1, 0.15) is 11.7 Å². The van der Waals surface area contributed by atoms with Crippen molar-refractivity contribution in [1.29, 1.82) is 0 Å². The lowest BCUT2D eigenvalue weighted by atomic mass is 9.75. The standard InChI is InChI=1S/C24H28O4/c1-15-13-17(22-18-9-6-7-10-20(18)28-23(22)26)14-19(16(15)2)24(3,4)12-8-11-21(25)27-5/h6-7,9-10,13-14,22H,8,11-12H2,1-5H3. The molecule has 1 aliphatic rings. The summed E-state index contributed by atoms with van der Waals surface area (Å²) in [6, 6.07) is 11.9. The van der Waals surface area contributed by atoms with Crippen molar-refractivity contribution >= 4 is 11.9 Å². The molecule has 0 aromatic heterocycles. The summed E-state index contributed by atoms with van der Waals surface area (Å²) < 4.78 is 10.2. The summed E-state index contributed by atoms with van der Waals surface area (Å²) in [7, 11) is 1.42. The molecule has 0 saturated carbocycles. The zero-order chi connectivity index (χ0) is 20.5. The van der Waals surface area contributed by atoms with Gasteiger partial charge in [-0.3, -0.25) is 9.59 Å². The molecule has 0 spiro atoms. The minimum atomic E-state index is -0.389. The van der Waals surface area contributed by atoms with Gasteiger partial charge in [-0.1, -0.05) is 44.2 Å². The number of para-hydroxylation sites is 1. The minimum absolute atomic E-state index is 0.124. The molecule has 0 saturated heterocycles. The van der Waals surface area contributed by atoms with Gasteiger partial charge in [-0.2, -0.15) is 0 Å². The molecule has 1 atom stereocenters. The highest BCUT2D eigenvalue weighted by atomic mass is 16.5. The van der Waals surface area contributed by atoms with E-state index in [-0.39, 0.29) is 23.3 Å². The molecule has 2 aromatic carbocycles. The first kappa shape index (κ1) is 20.1. The smallest absolute Gasteiger partial charge is 0.323 e. The van der Waals surface area contributed by atoms with Crippen molar-refractivity contribution in [2.75, 3.05) is 7.11 Å². The molecular formula is C24H28O4. The molecule has 1 aliphatic heterocycles. The summed E-state index contributed by atoms with van der Waals surface area (Å²) in [5.74, 6) is -0.142. The molecule has 0 radical (unpaired) electrons. The SMILES string of the molecule is COC(=O)CCCC(C)(C)c1cc(C2C(=O)Oc3ccccc32)cc(C)c1C. The molecule has 0 aliphatic carbocycles. The van der Waals surface area contributed by atoms with Gasteiger partial charge in [-0.25, -0.2) is 0 Å². The van der Waals surface area contributed by atoms with E-state index in [1.54, 1.807) is 0 Å². The van der Waals surface area contributed by atoms with Crippen molar-refractivity contribution in [2.24, 2.45) is 0 Å². The summed E-state index contributed by atoms with van der Waals surface area (Å²) in [6.07, 6.45) is 2.04. The summed E-state index contributed by atoms with van der Waals surface area (Å²) >= 11 is 0. The van der Waals surface area contributed by atoms with Crippen LogP contribution in [0.1, 0.15) is 66.8 Å². The Kier molecular flexibility index (Phi) is 5.59. The monoisotopic (exact) mass is 380 g/mol. The first-order valence-electron chi connectivity index (χ1n) is 9.73. The number of carbonyl (C=O) groups is 2. The number of benzene rings is 2. The molecule has 3 rings (SSSR count). The van der Waals surface area contributed by atoms with Crippen molar-refractivity contribution in [1.82, 2.24) is 0 Å². The zero-order valence-electron chi connectivity index (χ0n) is 17.3. The predicted molar refractivity (Wildman–Crippen MR) is 109 cm³/mol. The first-order chi connectivity index (χ1) is 13.2. The van der Waals surface area contributed by atoms with Gasteiger partial charge in [0.2, 0.25) is 0 Å². The highest BCUT2D eigenvalue weighted by Gasteiger charge is 2.35. The second kappa shape index (κ2) is 7.78. The Labute approximate surface area is 166 Å². The summed E-state index contributed by atoms with van der Waals surface area (Å²) in [5.41, 5.74) is 5.36. The number of rotatable bonds is 6. The Balaban J connectivity index is 1.95. The highest BCUT2D eigenvalue weighted by molar-refractivity contribution is 5.89. The fourth-order valence-electron chi connectivity index (χ4n) is 4.09. The molecule has 0 fully saturated rings. The van der Waals surface area contributed by atoms with Crippen molar-refractivity contribution < 1.29 is 19.1 Å². The van der Waals surface area contributed by atoms with Crippen molar-refractivity contribution in [3.05, 3.63) is 64.2 Å². The fourth-order valence-corrected chi connectivity index (χ4v) is 4.09. The van der Waals surface area contributed by atoms with Gasteiger partial charge < -0.3 is 9.47 Å².